The van der Waals surface area contributed by atoms with E-state index in [1.807, 2.05) is 24.3 Å². The van der Waals surface area contributed by atoms with Gasteiger partial charge in [0.25, 0.3) is 0 Å². The van der Waals surface area contributed by atoms with Crippen molar-refractivity contribution in [3.05, 3.63) is 65.5 Å². The van der Waals surface area contributed by atoms with Crippen LogP contribution < -0.4 is 15.4 Å². The second-order valence-electron chi connectivity index (χ2n) is 6.77. The van der Waals surface area contributed by atoms with E-state index in [1.54, 1.807) is 18.2 Å². The number of nitrogens with one attached hydrogen (secondary N) is 2. The third-order valence-electron chi connectivity index (χ3n) is 5.22. The maximum atomic E-state index is 13.6. The topological polar surface area (TPSA) is 50.4 Å². The lowest BCUT2D eigenvalue weighted by molar-refractivity contribution is -0.124. The van der Waals surface area contributed by atoms with Crippen LogP contribution in [0.25, 0.3) is 0 Å². The molecule has 0 unspecified atom stereocenters. The van der Waals surface area contributed by atoms with Crippen molar-refractivity contribution in [2.24, 2.45) is 0 Å². The Morgan fingerprint density at radius 2 is 1.92 bits per heavy atom. The van der Waals surface area contributed by atoms with Gasteiger partial charge in [0.15, 0.2) is 0 Å². The van der Waals surface area contributed by atoms with Crippen molar-refractivity contribution in [1.29, 1.82) is 0 Å². The molecule has 4 rings (SSSR count). The van der Waals surface area contributed by atoms with Gasteiger partial charge in [-0.25, -0.2) is 4.39 Å². The molecule has 0 radical (unpaired) electrons. The monoisotopic (exact) mass is 340 g/mol. The second-order valence-corrected chi connectivity index (χ2v) is 6.77. The first-order chi connectivity index (χ1) is 12.2. The summed E-state index contributed by atoms with van der Waals surface area (Å²) < 4.78 is 19.3. The van der Waals surface area contributed by atoms with Crippen LogP contribution >= 0.6 is 0 Å². The fourth-order valence-corrected chi connectivity index (χ4v) is 3.74. The molecule has 2 fully saturated rings. The van der Waals surface area contributed by atoms with Gasteiger partial charge < -0.3 is 10.1 Å². The lowest BCUT2D eigenvalue weighted by Crippen LogP contribution is -2.47. The molecule has 2 aromatic rings. The summed E-state index contributed by atoms with van der Waals surface area (Å²) >= 11 is 0. The molecule has 130 valence electrons. The van der Waals surface area contributed by atoms with E-state index < -0.39 is 0 Å². The maximum Gasteiger partial charge on any atom is 0.240 e. The Morgan fingerprint density at radius 1 is 1.12 bits per heavy atom. The third-order valence-corrected chi connectivity index (χ3v) is 5.22. The molecular weight excluding hydrogens is 319 g/mol. The maximum absolute atomic E-state index is 13.6. The van der Waals surface area contributed by atoms with Gasteiger partial charge >= 0.3 is 0 Å². The molecule has 0 bridgehead atoms. The van der Waals surface area contributed by atoms with Crippen LogP contribution in [0.2, 0.25) is 0 Å². The molecule has 1 spiro atoms. The Bertz CT molecular complexity index is 778. The van der Waals surface area contributed by atoms with Gasteiger partial charge in [-0.15, -0.1) is 0 Å². The summed E-state index contributed by atoms with van der Waals surface area (Å²) in [6, 6.07) is 14.6. The lowest BCUT2D eigenvalue weighted by Gasteiger charge is -2.22. The number of rotatable bonds is 4. The van der Waals surface area contributed by atoms with E-state index in [4.69, 9.17) is 4.74 Å². The Balaban J connectivity index is 1.39. The zero-order valence-electron chi connectivity index (χ0n) is 13.9. The number of hydrogen-bond donors (Lipinski definition) is 2. The molecule has 1 amide bonds. The Morgan fingerprint density at radius 3 is 2.64 bits per heavy atom. The quantitative estimate of drug-likeness (QED) is 0.899. The van der Waals surface area contributed by atoms with Crippen molar-refractivity contribution < 1.29 is 13.9 Å². The predicted molar refractivity (Wildman–Crippen MR) is 92.6 cm³/mol. The first-order valence-electron chi connectivity index (χ1n) is 8.68. The van der Waals surface area contributed by atoms with Crippen LogP contribution in [0.5, 0.6) is 5.75 Å². The molecule has 5 heteroatoms. The summed E-state index contributed by atoms with van der Waals surface area (Å²) in [6.07, 6.45) is 2.67. The minimum Gasteiger partial charge on any atom is -0.489 e. The van der Waals surface area contributed by atoms with Crippen molar-refractivity contribution in [1.82, 2.24) is 10.6 Å². The fraction of sp³-hybridized carbons (Fsp3) is 0.350. The molecular formula is C20H21FN2O2. The standard InChI is InChI=1S/C20H21FN2O2/c21-17-4-2-1-3-15(17)13-25-16-7-5-14(6-8-16)18-9-10-20(23-18)11-12-22-19(20)24/h1-8,18,23H,9-13H2,(H,22,24)/t18-,20-/m1/s1. The molecule has 2 saturated heterocycles. The molecule has 2 atom stereocenters. The summed E-state index contributed by atoms with van der Waals surface area (Å²) in [5.41, 5.74) is 1.30. The average molecular weight is 340 g/mol. The molecule has 2 heterocycles. The molecule has 2 aliphatic rings. The minimum absolute atomic E-state index is 0.125. The minimum atomic E-state index is -0.384. The van der Waals surface area contributed by atoms with Gasteiger partial charge in [0.05, 0.1) is 0 Å². The van der Waals surface area contributed by atoms with Crippen LogP contribution in [0.15, 0.2) is 48.5 Å². The summed E-state index contributed by atoms with van der Waals surface area (Å²) in [7, 11) is 0. The highest BCUT2D eigenvalue weighted by Gasteiger charge is 2.47. The molecule has 0 aliphatic carbocycles. The largest absolute Gasteiger partial charge is 0.489 e. The fourth-order valence-electron chi connectivity index (χ4n) is 3.74. The van der Waals surface area contributed by atoms with E-state index in [0.717, 1.165) is 31.4 Å². The molecule has 0 saturated carbocycles. The van der Waals surface area contributed by atoms with Crippen LogP contribution in [0.4, 0.5) is 4.39 Å². The number of hydrogen-bond acceptors (Lipinski definition) is 3. The summed E-state index contributed by atoms with van der Waals surface area (Å²) in [4.78, 5) is 12.1. The van der Waals surface area contributed by atoms with Crippen LogP contribution in [0.3, 0.4) is 0 Å². The van der Waals surface area contributed by atoms with Crippen molar-refractivity contribution >= 4 is 5.91 Å². The molecule has 2 aromatic carbocycles. The van der Waals surface area contributed by atoms with Crippen LogP contribution in [0.1, 0.15) is 36.4 Å². The van der Waals surface area contributed by atoms with Gasteiger partial charge in [-0.2, -0.15) is 0 Å². The van der Waals surface area contributed by atoms with Crippen LogP contribution in [-0.4, -0.2) is 18.0 Å². The SMILES string of the molecule is O=C1NCC[C@]12CC[C@H](c1ccc(OCc3ccccc3F)cc1)N2. The predicted octanol–water partition coefficient (Wildman–Crippen LogP) is 3.09. The third kappa shape index (κ3) is 3.12. The highest BCUT2D eigenvalue weighted by molar-refractivity contribution is 5.88. The van der Waals surface area contributed by atoms with Crippen LogP contribution in [-0.2, 0) is 11.4 Å². The van der Waals surface area contributed by atoms with E-state index in [-0.39, 0.29) is 29.9 Å². The molecule has 2 aliphatic heterocycles. The van der Waals surface area contributed by atoms with E-state index in [2.05, 4.69) is 10.6 Å². The van der Waals surface area contributed by atoms with E-state index in [0.29, 0.717) is 11.3 Å². The van der Waals surface area contributed by atoms with Gasteiger partial charge in [-0.05, 0) is 43.0 Å². The normalized spacial score (nSPS) is 25.3. The zero-order chi connectivity index (χ0) is 17.3. The van der Waals surface area contributed by atoms with Crippen molar-refractivity contribution in [2.45, 2.75) is 37.5 Å². The number of carbonyl (C=O) groups is 1. The zero-order valence-corrected chi connectivity index (χ0v) is 13.9. The number of benzene rings is 2. The van der Waals surface area contributed by atoms with Crippen LogP contribution in [0, 0.1) is 5.82 Å². The highest BCUT2D eigenvalue weighted by atomic mass is 19.1. The Hall–Kier alpha value is -2.40. The summed E-state index contributed by atoms with van der Waals surface area (Å²) in [6.45, 7) is 0.957. The smallest absolute Gasteiger partial charge is 0.240 e. The first-order valence-corrected chi connectivity index (χ1v) is 8.68. The van der Waals surface area contributed by atoms with Crippen molar-refractivity contribution in [3.8, 4) is 5.75 Å². The number of carbonyl (C=O) groups excluding carboxylic acids is 1. The molecule has 4 nitrogen and oxygen atoms in total. The second kappa shape index (κ2) is 6.48. The summed E-state index contributed by atoms with van der Waals surface area (Å²) in [5.74, 6) is 0.576. The Labute approximate surface area is 146 Å². The molecule has 2 N–H and O–H groups in total. The van der Waals surface area contributed by atoms with Gasteiger partial charge in [-0.3, -0.25) is 10.1 Å². The van der Waals surface area contributed by atoms with Gasteiger partial charge in [0, 0.05) is 18.2 Å². The number of halogens is 1. The molecule has 0 aromatic heterocycles. The Kier molecular flexibility index (Phi) is 4.17. The van der Waals surface area contributed by atoms with Crippen molar-refractivity contribution in [2.75, 3.05) is 6.54 Å². The van der Waals surface area contributed by atoms with Gasteiger partial charge in [0.2, 0.25) is 5.91 Å². The average Bonchev–Trinajstić information content (AvgIpc) is 3.22. The molecule has 25 heavy (non-hydrogen) atoms. The lowest BCUT2D eigenvalue weighted by atomic mass is 9.96. The number of ether oxygens (including phenoxy) is 1. The van der Waals surface area contributed by atoms with E-state index >= 15 is 0 Å². The first kappa shape index (κ1) is 16.1. The summed E-state index contributed by atoms with van der Waals surface area (Å²) in [5, 5.41) is 6.43. The van der Waals surface area contributed by atoms with E-state index in [1.165, 1.54) is 6.07 Å². The van der Waals surface area contributed by atoms with Crippen molar-refractivity contribution in [3.63, 3.8) is 0 Å². The highest BCUT2D eigenvalue weighted by Crippen LogP contribution is 2.37. The van der Waals surface area contributed by atoms with Gasteiger partial charge in [-0.1, -0.05) is 30.3 Å². The van der Waals surface area contributed by atoms with Gasteiger partial charge in [0.1, 0.15) is 23.7 Å². The number of amides is 1. The van der Waals surface area contributed by atoms with E-state index in [9.17, 15) is 9.18 Å².